The minimum atomic E-state index is -0.678. The monoisotopic (exact) mass is 248 g/mol. The van der Waals surface area contributed by atoms with E-state index in [0.717, 1.165) is 6.54 Å². The number of nitrogens with zero attached hydrogens (tertiary/aromatic N) is 1. The largest absolute Gasteiger partial charge is 0.387 e. The molecule has 3 nitrogen and oxygen atoms in total. The average molecular weight is 248 g/mol. The first-order chi connectivity index (χ1) is 8.37. The minimum absolute atomic E-state index is 0.389. The highest BCUT2D eigenvalue weighted by atomic mass is 16.3. The van der Waals surface area contributed by atoms with Gasteiger partial charge < -0.3 is 15.3 Å². The van der Waals surface area contributed by atoms with E-state index in [1.165, 1.54) is 16.8 Å². The van der Waals surface area contributed by atoms with Crippen LogP contribution >= 0.6 is 0 Å². The van der Waals surface area contributed by atoms with E-state index < -0.39 is 5.60 Å². The quantitative estimate of drug-likeness (QED) is 0.796. The number of hydrogen-bond acceptors (Lipinski definition) is 3. The Kier molecular flexibility index (Phi) is 3.64. The first-order valence-electron chi connectivity index (χ1n) is 6.65. The molecule has 2 unspecified atom stereocenters. The van der Waals surface area contributed by atoms with E-state index in [0.29, 0.717) is 19.1 Å². The van der Waals surface area contributed by atoms with E-state index in [2.05, 4.69) is 49.2 Å². The molecule has 100 valence electrons. The van der Waals surface area contributed by atoms with Crippen LogP contribution in [0.5, 0.6) is 0 Å². The predicted octanol–water partition coefficient (Wildman–Crippen LogP) is 1.85. The SMILES string of the molecule is Cc1ccc(N2CC(C)NCC(C)(O)C2)c(C)c1. The minimum Gasteiger partial charge on any atom is -0.387 e. The zero-order chi connectivity index (χ0) is 13.3. The van der Waals surface area contributed by atoms with Gasteiger partial charge in [0.2, 0.25) is 0 Å². The van der Waals surface area contributed by atoms with Gasteiger partial charge in [0.25, 0.3) is 0 Å². The number of rotatable bonds is 1. The third kappa shape index (κ3) is 3.03. The summed E-state index contributed by atoms with van der Waals surface area (Å²) in [5.74, 6) is 0. The number of aliphatic hydroxyl groups is 1. The van der Waals surface area contributed by atoms with Crippen LogP contribution < -0.4 is 10.2 Å². The lowest BCUT2D eigenvalue weighted by molar-refractivity contribution is 0.0718. The van der Waals surface area contributed by atoms with E-state index in [1.54, 1.807) is 0 Å². The van der Waals surface area contributed by atoms with Crippen molar-refractivity contribution in [1.82, 2.24) is 5.32 Å². The molecule has 0 radical (unpaired) electrons. The Hall–Kier alpha value is -1.06. The molecule has 1 aliphatic rings. The summed E-state index contributed by atoms with van der Waals surface area (Å²) in [5.41, 5.74) is 3.11. The molecule has 0 aliphatic carbocycles. The van der Waals surface area contributed by atoms with Crippen molar-refractivity contribution in [1.29, 1.82) is 0 Å². The van der Waals surface area contributed by atoms with Crippen LogP contribution in [0.25, 0.3) is 0 Å². The highest BCUT2D eigenvalue weighted by Crippen LogP contribution is 2.24. The summed E-state index contributed by atoms with van der Waals surface area (Å²) in [6, 6.07) is 6.89. The maximum absolute atomic E-state index is 10.3. The number of hydrogen-bond donors (Lipinski definition) is 2. The topological polar surface area (TPSA) is 35.5 Å². The van der Waals surface area contributed by atoms with Crippen molar-refractivity contribution in [3.05, 3.63) is 29.3 Å². The van der Waals surface area contributed by atoms with Gasteiger partial charge in [-0.2, -0.15) is 0 Å². The summed E-state index contributed by atoms with van der Waals surface area (Å²) < 4.78 is 0. The van der Waals surface area contributed by atoms with Gasteiger partial charge >= 0.3 is 0 Å². The zero-order valence-electron chi connectivity index (χ0n) is 11.8. The van der Waals surface area contributed by atoms with Crippen molar-refractivity contribution in [3.63, 3.8) is 0 Å². The lowest BCUT2D eigenvalue weighted by Gasteiger charge is -2.31. The van der Waals surface area contributed by atoms with Gasteiger partial charge in [-0.05, 0) is 39.3 Å². The summed E-state index contributed by atoms with van der Waals surface area (Å²) >= 11 is 0. The van der Waals surface area contributed by atoms with Crippen LogP contribution in [-0.2, 0) is 0 Å². The fourth-order valence-corrected chi connectivity index (χ4v) is 2.66. The predicted molar refractivity (Wildman–Crippen MR) is 76.2 cm³/mol. The van der Waals surface area contributed by atoms with Crippen molar-refractivity contribution in [2.24, 2.45) is 0 Å². The Balaban J connectivity index is 2.29. The average Bonchev–Trinajstić information content (AvgIpc) is 2.37. The second kappa shape index (κ2) is 4.90. The first kappa shape index (κ1) is 13.4. The molecule has 1 saturated heterocycles. The summed E-state index contributed by atoms with van der Waals surface area (Å²) in [7, 11) is 0. The molecular weight excluding hydrogens is 224 g/mol. The van der Waals surface area contributed by atoms with Gasteiger partial charge in [0, 0.05) is 31.4 Å². The highest BCUT2D eigenvalue weighted by molar-refractivity contribution is 5.55. The van der Waals surface area contributed by atoms with Crippen molar-refractivity contribution >= 4 is 5.69 Å². The Morgan fingerprint density at radius 1 is 1.39 bits per heavy atom. The Morgan fingerprint density at radius 2 is 2.11 bits per heavy atom. The molecule has 1 aromatic carbocycles. The molecule has 3 heteroatoms. The lowest BCUT2D eigenvalue weighted by atomic mass is 10.1. The van der Waals surface area contributed by atoms with Crippen LogP contribution in [0.4, 0.5) is 5.69 Å². The molecule has 18 heavy (non-hydrogen) atoms. The van der Waals surface area contributed by atoms with Gasteiger partial charge in [-0.1, -0.05) is 17.7 Å². The molecule has 0 bridgehead atoms. The normalized spacial score (nSPS) is 29.2. The molecule has 0 amide bonds. The van der Waals surface area contributed by atoms with E-state index >= 15 is 0 Å². The molecule has 0 saturated carbocycles. The summed E-state index contributed by atoms with van der Waals surface area (Å²) in [6.45, 7) is 10.6. The summed E-state index contributed by atoms with van der Waals surface area (Å²) in [6.07, 6.45) is 0. The third-order valence-corrected chi connectivity index (χ3v) is 3.55. The lowest BCUT2D eigenvalue weighted by Crippen LogP contribution is -2.43. The molecule has 0 spiro atoms. The van der Waals surface area contributed by atoms with Gasteiger partial charge in [0.1, 0.15) is 0 Å². The molecule has 0 aromatic heterocycles. The molecule has 2 rings (SSSR count). The van der Waals surface area contributed by atoms with Gasteiger partial charge in [-0.15, -0.1) is 0 Å². The van der Waals surface area contributed by atoms with Crippen molar-refractivity contribution in [2.75, 3.05) is 24.5 Å². The van der Waals surface area contributed by atoms with Crippen LogP contribution in [0.3, 0.4) is 0 Å². The van der Waals surface area contributed by atoms with Gasteiger partial charge in [0.15, 0.2) is 0 Å². The first-order valence-corrected chi connectivity index (χ1v) is 6.65. The fourth-order valence-electron chi connectivity index (χ4n) is 2.66. The summed E-state index contributed by atoms with van der Waals surface area (Å²) in [5, 5.41) is 13.7. The second-order valence-electron chi connectivity index (χ2n) is 5.95. The number of aryl methyl sites for hydroxylation is 2. The van der Waals surface area contributed by atoms with E-state index in [-0.39, 0.29) is 0 Å². The van der Waals surface area contributed by atoms with E-state index in [9.17, 15) is 5.11 Å². The smallest absolute Gasteiger partial charge is 0.0917 e. The van der Waals surface area contributed by atoms with E-state index in [4.69, 9.17) is 0 Å². The van der Waals surface area contributed by atoms with Gasteiger partial charge in [-0.25, -0.2) is 0 Å². The van der Waals surface area contributed by atoms with Crippen LogP contribution in [0.15, 0.2) is 18.2 Å². The molecule has 1 heterocycles. The van der Waals surface area contributed by atoms with Crippen molar-refractivity contribution in [2.45, 2.75) is 39.3 Å². The fraction of sp³-hybridized carbons (Fsp3) is 0.600. The molecule has 1 aliphatic heterocycles. The Labute approximate surface area is 110 Å². The number of benzene rings is 1. The Bertz CT molecular complexity index is 429. The Morgan fingerprint density at radius 3 is 2.78 bits per heavy atom. The number of nitrogens with one attached hydrogen (secondary N) is 1. The second-order valence-corrected chi connectivity index (χ2v) is 5.95. The van der Waals surface area contributed by atoms with E-state index in [1.807, 2.05) is 6.92 Å². The molecular formula is C15H24N2O. The maximum atomic E-state index is 10.3. The van der Waals surface area contributed by atoms with Crippen LogP contribution in [0.2, 0.25) is 0 Å². The zero-order valence-corrected chi connectivity index (χ0v) is 11.8. The number of β-amino-alcohol motifs (C(OH)–C–C–N with tert-alkyl or cyclic N) is 1. The third-order valence-electron chi connectivity index (χ3n) is 3.55. The molecule has 1 aromatic rings. The number of anilines is 1. The molecule has 2 N–H and O–H groups in total. The van der Waals surface area contributed by atoms with Crippen LogP contribution in [0, 0.1) is 13.8 Å². The molecule has 1 fully saturated rings. The highest BCUT2D eigenvalue weighted by Gasteiger charge is 2.29. The van der Waals surface area contributed by atoms with Gasteiger partial charge in [0.05, 0.1) is 5.60 Å². The molecule has 2 atom stereocenters. The maximum Gasteiger partial charge on any atom is 0.0917 e. The standard InChI is InChI=1S/C15H24N2O/c1-11-5-6-14(12(2)7-11)17-8-13(3)16-9-15(4,18)10-17/h5-7,13,16,18H,8-10H2,1-4H3. The van der Waals surface area contributed by atoms with Crippen LogP contribution in [0.1, 0.15) is 25.0 Å². The van der Waals surface area contributed by atoms with Gasteiger partial charge in [-0.3, -0.25) is 0 Å². The van der Waals surface area contributed by atoms with Crippen LogP contribution in [-0.4, -0.2) is 36.4 Å². The summed E-state index contributed by atoms with van der Waals surface area (Å²) in [4.78, 5) is 2.29. The van der Waals surface area contributed by atoms with Crippen molar-refractivity contribution < 1.29 is 5.11 Å². The van der Waals surface area contributed by atoms with Crippen molar-refractivity contribution in [3.8, 4) is 0 Å².